The quantitative estimate of drug-likeness (QED) is 0.672. The molecule has 1 N–H and O–H groups in total. The third-order valence-corrected chi connectivity index (χ3v) is 2.40. The predicted molar refractivity (Wildman–Crippen MR) is 59.3 cm³/mol. The molecule has 1 aliphatic carbocycles. The minimum absolute atomic E-state index is 0. The third kappa shape index (κ3) is 3.09. The zero-order chi connectivity index (χ0) is 8.55. The van der Waals surface area contributed by atoms with Crippen LogP contribution >= 0.6 is 0 Å². The van der Waals surface area contributed by atoms with Crippen LogP contribution in [0.2, 0.25) is 0 Å². The Morgan fingerprint density at radius 2 is 1.57 bits per heavy atom. The van der Waals surface area contributed by atoms with E-state index in [1.807, 2.05) is 24.3 Å². The van der Waals surface area contributed by atoms with Crippen molar-refractivity contribution < 1.29 is 9.90 Å². The minimum atomic E-state index is -0.675. The Morgan fingerprint density at radius 1 is 1.14 bits per heavy atom. The molecule has 0 bridgehead atoms. The summed E-state index contributed by atoms with van der Waals surface area (Å²) < 4.78 is 0. The van der Waals surface area contributed by atoms with Crippen LogP contribution in [0.3, 0.4) is 0 Å². The van der Waals surface area contributed by atoms with E-state index in [9.17, 15) is 4.79 Å². The second-order valence-electron chi connectivity index (χ2n) is 3.21. The Labute approximate surface area is 128 Å². The molecular formula is C10H12Na2O2. The molecule has 0 saturated carbocycles. The first-order chi connectivity index (χ1) is 5.77. The van der Waals surface area contributed by atoms with Gasteiger partial charge in [-0.1, -0.05) is 24.3 Å². The third-order valence-electron chi connectivity index (χ3n) is 2.40. The second kappa shape index (κ2) is 6.31. The monoisotopic (exact) mass is 210 g/mol. The Bertz CT molecular complexity index is 301. The summed E-state index contributed by atoms with van der Waals surface area (Å²) in [6.45, 7) is 0. The molecule has 66 valence electrons. The maximum atomic E-state index is 10.7. The molecule has 0 aromatic heterocycles. The summed E-state index contributed by atoms with van der Waals surface area (Å²) in [5.41, 5.74) is 2.40. The molecule has 0 unspecified atom stereocenters. The molecule has 0 fully saturated rings. The first kappa shape index (κ1) is 14.7. The van der Waals surface area contributed by atoms with Gasteiger partial charge in [-0.3, -0.25) is 4.79 Å². The molecule has 0 heterocycles. The van der Waals surface area contributed by atoms with Gasteiger partial charge in [0.2, 0.25) is 0 Å². The molecule has 14 heavy (non-hydrogen) atoms. The first-order valence-corrected chi connectivity index (χ1v) is 4.07. The van der Waals surface area contributed by atoms with E-state index >= 15 is 0 Å². The van der Waals surface area contributed by atoms with E-state index in [-0.39, 0.29) is 65.0 Å². The van der Waals surface area contributed by atoms with Crippen LogP contribution in [0.25, 0.3) is 0 Å². The van der Waals surface area contributed by atoms with Crippen LogP contribution in [-0.4, -0.2) is 70.2 Å². The summed E-state index contributed by atoms with van der Waals surface area (Å²) in [5, 5.41) is 8.79. The van der Waals surface area contributed by atoms with Crippen molar-refractivity contribution >= 4 is 65.1 Å². The van der Waals surface area contributed by atoms with E-state index in [1.165, 1.54) is 11.1 Å². The molecule has 0 spiro atoms. The standard InChI is InChI=1S/C10H10O2.2Na.2H/c11-10(12)9-5-7-3-1-2-4-8(7)6-9;;;;/h1-4,9H,5-6H2,(H,11,12);;;;. The molecule has 0 radical (unpaired) electrons. The van der Waals surface area contributed by atoms with Gasteiger partial charge in [0.1, 0.15) is 0 Å². The van der Waals surface area contributed by atoms with Gasteiger partial charge in [0.15, 0.2) is 0 Å². The number of hydrogen-bond donors (Lipinski definition) is 1. The molecular weight excluding hydrogens is 198 g/mol. The zero-order valence-electron chi connectivity index (χ0n) is 6.66. The molecule has 1 aromatic rings. The van der Waals surface area contributed by atoms with Crippen molar-refractivity contribution in [2.75, 3.05) is 0 Å². The zero-order valence-corrected chi connectivity index (χ0v) is 6.66. The Hall–Kier alpha value is 0.690. The van der Waals surface area contributed by atoms with Crippen molar-refractivity contribution in [2.24, 2.45) is 5.92 Å². The van der Waals surface area contributed by atoms with Crippen molar-refractivity contribution in [3.05, 3.63) is 35.4 Å². The summed E-state index contributed by atoms with van der Waals surface area (Å²) >= 11 is 0. The van der Waals surface area contributed by atoms with Gasteiger partial charge in [0, 0.05) is 0 Å². The van der Waals surface area contributed by atoms with E-state index in [2.05, 4.69) is 0 Å². The normalized spacial score (nSPS) is 13.7. The number of benzene rings is 1. The van der Waals surface area contributed by atoms with Crippen molar-refractivity contribution in [1.29, 1.82) is 0 Å². The van der Waals surface area contributed by atoms with E-state index in [4.69, 9.17) is 5.11 Å². The molecule has 2 nitrogen and oxygen atoms in total. The van der Waals surface area contributed by atoms with Crippen molar-refractivity contribution in [1.82, 2.24) is 0 Å². The summed E-state index contributed by atoms with van der Waals surface area (Å²) in [6, 6.07) is 7.95. The molecule has 0 saturated heterocycles. The number of aliphatic carboxylic acids is 1. The molecule has 2 rings (SSSR count). The van der Waals surface area contributed by atoms with Gasteiger partial charge in [-0.2, -0.15) is 0 Å². The van der Waals surface area contributed by atoms with Gasteiger partial charge in [0.05, 0.1) is 5.92 Å². The molecule has 4 heteroatoms. The summed E-state index contributed by atoms with van der Waals surface area (Å²) in [5.74, 6) is -0.867. The van der Waals surface area contributed by atoms with Gasteiger partial charge in [-0.05, 0) is 24.0 Å². The fourth-order valence-electron chi connectivity index (χ4n) is 1.73. The van der Waals surface area contributed by atoms with Gasteiger partial charge in [0.25, 0.3) is 0 Å². The number of hydrogen-bond acceptors (Lipinski definition) is 1. The van der Waals surface area contributed by atoms with E-state index in [1.54, 1.807) is 0 Å². The van der Waals surface area contributed by atoms with E-state index in [0.717, 1.165) is 0 Å². The molecule has 0 amide bonds. The Kier molecular flexibility index (Phi) is 6.62. The van der Waals surface area contributed by atoms with Crippen molar-refractivity contribution in [3.63, 3.8) is 0 Å². The van der Waals surface area contributed by atoms with Crippen LogP contribution in [0.1, 0.15) is 11.1 Å². The van der Waals surface area contributed by atoms with Crippen LogP contribution in [0, 0.1) is 5.92 Å². The summed E-state index contributed by atoms with van der Waals surface area (Å²) in [6.07, 6.45) is 1.40. The second-order valence-corrected chi connectivity index (χ2v) is 3.21. The number of rotatable bonds is 1. The maximum absolute atomic E-state index is 10.7. The first-order valence-electron chi connectivity index (χ1n) is 4.07. The van der Waals surface area contributed by atoms with Gasteiger partial charge < -0.3 is 5.11 Å². The number of carboxylic acid groups (broad SMARTS) is 1. The van der Waals surface area contributed by atoms with Crippen LogP contribution in [0.15, 0.2) is 24.3 Å². The van der Waals surface area contributed by atoms with Gasteiger partial charge in [-0.25, -0.2) is 0 Å². The van der Waals surface area contributed by atoms with Crippen LogP contribution < -0.4 is 0 Å². The van der Waals surface area contributed by atoms with Crippen molar-refractivity contribution in [3.8, 4) is 0 Å². The topological polar surface area (TPSA) is 37.3 Å². The SMILES string of the molecule is O=C(O)C1Cc2ccccc2C1.[NaH].[NaH]. The molecule has 0 aliphatic heterocycles. The van der Waals surface area contributed by atoms with Crippen LogP contribution in [0.5, 0.6) is 0 Å². The fourth-order valence-corrected chi connectivity index (χ4v) is 1.73. The average molecular weight is 210 g/mol. The number of carboxylic acids is 1. The fraction of sp³-hybridized carbons (Fsp3) is 0.300. The van der Waals surface area contributed by atoms with E-state index < -0.39 is 5.97 Å². The van der Waals surface area contributed by atoms with E-state index in [0.29, 0.717) is 12.8 Å². The summed E-state index contributed by atoms with van der Waals surface area (Å²) in [4.78, 5) is 10.7. The number of carbonyl (C=O) groups is 1. The van der Waals surface area contributed by atoms with Gasteiger partial charge >= 0.3 is 65.1 Å². The summed E-state index contributed by atoms with van der Waals surface area (Å²) in [7, 11) is 0. The Morgan fingerprint density at radius 3 is 1.93 bits per heavy atom. The molecule has 0 atom stereocenters. The Balaban J connectivity index is 0.000000845. The molecule has 1 aromatic carbocycles. The van der Waals surface area contributed by atoms with Crippen molar-refractivity contribution in [2.45, 2.75) is 12.8 Å². The van der Waals surface area contributed by atoms with Crippen LogP contribution in [-0.2, 0) is 17.6 Å². The van der Waals surface area contributed by atoms with Crippen LogP contribution in [0.4, 0.5) is 0 Å². The average Bonchev–Trinajstić information content (AvgIpc) is 2.46. The predicted octanol–water partition coefficient (Wildman–Crippen LogP) is 0.189. The number of fused-ring (bicyclic) bond motifs is 1. The molecule has 1 aliphatic rings. The van der Waals surface area contributed by atoms with Gasteiger partial charge in [-0.15, -0.1) is 0 Å².